The van der Waals surface area contributed by atoms with Crippen LogP contribution in [0.3, 0.4) is 0 Å². The van der Waals surface area contributed by atoms with E-state index in [1.54, 1.807) is 29.3 Å². The molecule has 202 valence electrons. The number of carbonyl (C=O) groups excluding carboxylic acids is 1. The molecule has 1 saturated heterocycles. The van der Waals surface area contributed by atoms with Crippen molar-refractivity contribution in [1.82, 2.24) is 14.5 Å². The molecule has 1 unspecified atom stereocenters. The van der Waals surface area contributed by atoms with Crippen molar-refractivity contribution in [2.75, 3.05) is 25.0 Å². The number of alkyl halides is 3. The summed E-state index contributed by atoms with van der Waals surface area (Å²) in [6.07, 6.45) is -2.95. The minimum Gasteiger partial charge on any atom is -0.444 e. The highest BCUT2D eigenvalue weighted by Gasteiger charge is 2.33. The van der Waals surface area contributed by atoms with E-state index < -0.39 is 18.2 Å². The Kier molecular flexibility index (Phi) is 9.12. The van der Waals surface area contributed by atoms with E-state index in [9.17, 15) is 18.0 Å². The lowest BCUT2D eigenvalue weighted by Crippen LogP contribution is -2.37. The second-order valence-electron chi connectivity index (χ2n) is 8.77. The zero-order valence-electron chi connectivity index (χ0n) is 20.8. The van der Waals surface area contributed by atoms with Gasteiger partial charge in [-0.1, -0.05) is 30.3 Å². The van der Waals surface area contributed by atoms with Crippen LogP contribution in [0.15, 0.2) is 54.7 Å². The van der Waals surface area contributed by atoms with Crippen LogP contribution in [0.2, 0.25) is 0 Å². The number of likely N-dealkylation sites (N-methyl/N-ethyl adjacent to an activating group) is 1. The van der Waals surface area contributed by atoms with Crippen molar-refractivity contribution in [2.24, 2.45) is 0 Å². The molecule has 0 bridgehead atoms. The predicted molar refractivity (Wildman–Crippen MR) is 136 cm³/mol. The Morgan fingerprint density at radius 1 is 1.21 bits per heavy atom. The van der Waals surface area contributed by atoms with Gasteiger partial charge >= 0.3 is 12.5 Å². The van der Waals surface area contributed by atoms with Crippen LogP contribution in [0.25, 0.3) is 0 Å². The summed E-state index contributed by atoms with van der Waals surface area (Å²) >= 11 is 0. The molecule has 4 rings (SSSR count). The van der Waals surface area contributed by atoms with Crippen LogP contribution in [0.5, 0.6) is 5.75 Å². The molecule has 0 aliphatic carbocycles. The quantitative estimate of drug-likeness (QED) is 0.399. The average molecular weight is 550 g/mol. The summed E-state index contributed by atoms with van der Waals surface area (Å²) in [6.45, 7) is 3.02. The molecule has 1 fully saturated rings. The van der Waals surface area contributed by atoms with Gasteiger partial charge in [0.15, 0.2) is 0 Å². The van der Waals surface area contributed by atoms with Crippen LogP contribution in [0.1, 0.15) is 28.9 Å². The lowest BCUT2D eigenvalue weighted by Gasteiger charge is -2.27. The van der Waals surface area contributed by atoms with Crippen molar-refractivity contribution in [3.8, 4) is 11.8 Å². The molecule has 1 aromatic heterocycles. The van der Waals surface area contributed by atoms with Crippen LogP contribution < -0.4 is 9.64 Å². The largest absolute Gasteiger partial charge is 0.573 e. The number of halogens is 4. The minimum atomic E-state index is -4.84. The van der Waals surface area contributed by atoms with E-state index in [-0.39, 0.29) is 30.6 Å². The first-order valence-corrected chi connectivity index (χ1v) is 11.6. The number of para-hydroxylation sites is 1. The number of benzene rings is 2. The number of hydrogen-bond acceptors (Lipinski definition) is 6. The Morgan fingerprint density at radius 2 is 1.92 bits per heavy atom. The molecule has 0 N–H and O–H groups in total. The summed E-state index contributed by atoms with van der Waals surface area (Å²) in [5, 5.41) is 9.02. The van der Waals surface area contributed by atoms with Crippen molar-refractivity contribution >= 4 is 24.3 Å². The van der Waals surface area contributed by atoms with E-state index in [4.69, 9.17) is 10.00 Å². The SMILES string of the molecule is Cc1ncc(N(C)C2CCN(C(=O)OCc3ccccc3OC(F)(F)F)C2)n1Cc1ccc(C#N)cc1.Cl. The predicted octanol–water partition coefficient (Wildman–Crippen LogP) is 5.28. The van der Waals surface area contributed by atoms with E-state index in [0.717, 1.165) is 17.2 Å². The molecule has 1 aliphatic heterocycles. The molecule has 2 aromatic carbocycles. The van der Waals surface area contributed by atoms with Gasteiger partial charge in [-0.3, -0.25) is 0 Å². The van der Waals surface area contributed by atoms with E-state index in [0.29, 0.717) is 31.6 Å². The monoisotopic (exact) mass is 549 g/mol. The summed E-state index contributed by atoms with van der Waals surface area (Å²) in [5.41, 5.74) is 1.75. The molecule has 1 amide bonds. The highest BCUT2D eigenvalue weighted by molar-refractivity contribution is 5.85. The van der Waals surface area contributed by atoms with Crippen LogP contribution in [-0.2, 0) is 17.9 Å². The van der Waals surface area contributed by atoms with Crippen LogP contribution in [0.4, 0.5) is 23.8 Å². The third kappa shape index (κ3) is 6.89. The van der Waals surface area contributed by atoms with Gasteiger partial charge < -0.3 is 23.8 Å². The number of anilines is 1. The molecule has 8 nitrogen and oxygen atoms in total. The normalized spacial score (nSPS) is 14.9. The number of likely N-dealkylation sites (tertiary alicyclic amines) is 1. The molecule has 0 spiro atoms. The molecular formula is C26H27ClF3N5O3. The minimum absolute atomic E-state index is 0. The van der Waals surface area contributed by atoms with Crippen molar-refractivity contribution < 1.29 is 27.4 Å². The van der Waals surface area contributed by atoms with Crippen molar-refractivity contribution in [1.29, 1.82) is 5.26 Å². The third-order valence-corrected chi connectivity index (χ3v) is 6.34. The molecule has 1 aliphatic rings. The Bertz CT molecular complexity index is 1290. The van der Waals surface area contributed by atoms with Crippen molar-refractivity contribution in [2.45, 2.75) is 38.9 Å². The van der Waals surface area contributed by atoms with Crippen LogP contribution in [-0.4, -0.2) is 53.1 Å². The summed E-state index contributed by atoms with van der Waals surface area (Å²) < 4.78 is 49.3. The zero-order valence-corrected chi connectivity index (χ0v) is 21.6. The number of aryl methyl sites for hydroxylation is 1. The van der Waals surface area contributed by atoms with Gasteiger partial charge in [0.25, 0.3) is 0 Å². The Balaban J connectivity index is 0.00000400. The summed E-state index contributed by atoms with van der Waals surface area (Å²) in [6, 6.07) is 15.1. The van der Waals surface area contributed by atoms with Gasteiger partial charge in [0, 0.05) is 31.7 Å². The van der Waals surface area contributed by atoms with Gasteiger partial charge in [-0.2, -0.15) is 5.26 Å². The van der Waals surface area contributed by atoms with Gasteiger partial charge in [0.05, 0.1) is 24.4 Å². The fourth-order valence-electron chi connectivity index (χ4n) is 4.29. The smallest absolute Gasteiger partial charge is 0.444 e. The molecule has 0 radical (unpaired) electrons. The summed E-state index contributed by atoms with van der Waals surface area (Å²) in [4.78, 5) is 20.7. The summed E-state index contributed by atoms with van der Waals surface area (Å²) in [7, 11) is 1.94. The highest BCUT2D eigenvalue weighted by atomic mass is 35.5. The molecule has 1 atom stereocenters. The van der Waals surface area contributed by atoms with Crippen molar-refractivity contribution in [3.63, 3.8) is 0 Å². The number of amides is 1. The maximum atomic E-state index is 12.7. The first kappa shape index (κ1) is 28.7. The number of nitrogens with zero attached hydrogens (tertiary/aromatic N) is 5. The van der Waals surface area contributed by atoms with Crippen LogP contribution >= 0.6 is 12.4 Å². The Labute approximate surface area is 224 Å². The first-order chi connectivity index (χ1) is 17.6. The van der Waals surface area contributed by atoms with E-state index in [2.05, 4.69) is 25.3 Å². The first-order valence-electron chi connectivity index (χ1n) is 11.6. The second-order valence-corrected chi connectivity index (χ2v) is 8.77. The number of aromatic nitrogens is 2. The molecular weight excluding hydrogens is 523 g/mol. The molecule has 12 heteroatoms. The van der Waals surface area contributed by atoms with Gasteiger partial charge in [0.2, 0.25) is 0 Å². The number of hydrogen-bond donors (Lipinski definition) is 0. The maximum absolute atomic E-state index is 12.7. The lowest BCUT2D eigenvalue weighted by molar-refractivity contribution is -0.275. The topological polar surface area (TPSA) is 83.6 Å². The fourth-order valence-corrected chi connectivity index (χ4v) is 4.29. The van der Waals surface area contributed by atoms with Gasteiger partial charge in [-0.05, 0) is 37.1 Å². The van der Waals surface area contributed by atoms with Crippen molar-refractivity contribution in [3.05, 3.63) is 77.2 Å². The standard InChI is InChI=1S/C26H26F3N5O3.ClH/c1-18-31-14-24(34(18)15-20-9-7-19(13-30)8-10-20)32(2)22-11-12-33(16-22)25(35)36-17-21-5-3-4-6-23(21)37-26(27,28)29;/h3-10,14,22H,11-12,15-17H2,1-2H3;1H. The van der Waals surface area contributed by atoms with E-state index in [1.807, 2.05) is 26.1 Å². The Morgan fingerprint density at radius 3 is 2.61 bits per heavy atom. The molecule has 38 heavy (non-hydrogen) atoms. The maximum Gasteiger partial charge on any atom is 0.573 e. The van der Waals surface area contributed by atoms with Crippen LogP contribution in [0, 0.1) is 18.3 Å². The number of rotatable bonds is 7. The summed E-state index contributed by atoms with van der Waals surface area (Å²) in [5.74, 6) is 1.33. The fraction of sp³-hybridized carbons (Fsp3) is 0.346. The number of nitriles is 1. The second kappa shape index (κ2) is 12.1. The van der Waals surface area contributed by atoms with E-state index in [1.165, 1.54) is 18.2 Å². The Hall–Kier alpha value is -3.91. The number of ether oxygens (including phenoxy) is 2. The molecule has 2 heterocycles. The highest BCUT2D eigenvalue weighted by Crippen LogP contribution is 2.28. The molecule has 0 saturated carbocycles. The zero-order chi connectivity index (χ0) is 26.6. The average Bonchev–Trinajstić information content (AvgIpc) is 3.50. The molecule has 3 aromatic rings. The van der Waals surface area contributed by atoms with E-state index >= 15 is 0 Å². The van der Waals surface area contributed by atoms with Gasteiger partial charge in [0.1, 0.15) is 24.0 Å². The van der Waals surface area contributed by atoms with Gasteiger partial charge in [-0.15, -0.1) is 25.6 Å². The van der Waals surface area contributed by atoms with Gasteiger partial charge in [-0.25, -0.2) is 9.78 Å². The third-order valence-electron chi connectivity index (χ3n) is 6.34. The lowest BCUT2D eigenvalue weighted by atomic mass is 10.1. The number of imidazole rings is 1. The number of carbonyl (C=O) groups is 1.